The lowest BCUT2D eigenvalue weighted by molar-refractivity contribution is 0.0969. The van der Waals surface area contributed by atoms with Crippen molar-refractivity contribution in [2.24, 2.45) is 5.92 Å². The van der Waals surface area contributed by atoms with E-state index < -0.39 is 0 Å². The SMILES string of the molecule is COc1ccc(C2CC2C(=O)c2sccc2Cl)cc1OC. The standard InChI is InChI=1S/C16H15ClO3S/c1-19-13-4-3-9(7-14(13)20-2)10-8-11(10)15(18)16-12(17)5-6-21-16/h3-7,10-11H,8H2,1-2H3. The summed E-state index contributed by atoms with van der Waals surface area (Å²) in [4.78, 5) is 13.1. The Bertz CT molecular complexity index is 680. The first kappa shape index (κ1) is 14.4. The average molecular weight is 323 g/mol. The molecule has 21 heavy (non-hydrogen) atoms. The predicted molar refractivity (Wildman–Crippen MR) is 84.1 cm³/mol. The smallest absolute Gasteiger partial charge is 0.178 e. The van der Waals surface area contributed by atoms with Gasteiger partial charge < -0.3 is 9.47 Å². The molecule has 0 aliphatic heterocycles. The molecule has 2 atom stereocenters. The molecule has 0 saturated heterocycles. The van der Waals surface area contributed by atoms with Gasteiger partial charge in [0.1, 0.15) is 0 Å². The Morgan fingerprint density at radius 1 is 1.24 bits per heavy atom. The second kappa shape index (κ2) is 5.70. The van der Waals surface area contributed by atoms with Gasteiger partial charge in [-0.1, -0.05) is 17.7 Å². The molecule has 110 valence electrons. The number of benzene rings is 1. The molecule has 1 aliphatic rings. The molecule has 1 fully saturated rings. The van der Waals surface area contributed by atoms with Crippen LogP contribution in [0.5, 0.6) is 11.5 Å². The minimum absolute atomic E-state index is 0.0271. The van der Waals surface area contributed by atoms with E-state index in [1.54, 1.807) is 20.3 Å². The molecule has 2 aromatic rings. The number of halogens is 1. The summed E-state index contributed by atoms with van der Waals surface area (Å²) >= 11 is 7.45. The summed E-state index contributed by atoms with van der Waals surface area (Å²) < 4.78 is 10.5. The number of Topliss-reactive ketones (excluding diaryl/α,β-unsaturated/α-hetero) is 1. The van der Waals surface area contributed by atoms with Crippen LogP contribution in [-0.4, -0.2) is 20.0 Å². The lowest BCUT2D eigenvalue weighted by Crippen LogP contribution is -2.01. The van der Waals surface area contributed by atoms with Crippen molar-refractivity contribution in [3.05, 3.63) is 45.1 Å². The van der Waals surface area contributed by atoms with Gasteiger partial charge in [0, 0.05) is 5.92 Å². The van der Waals surface area contributed by atoms with Gasteiger partial charge >= 0.3 is 0 Å². The number of hydrogen-bond donors (Lipinski definition) is 0. The Balaban J connectivity index is 1.79. The number of carbonyl (C=O) groups is 1. The third-order valence-corrected chi connectivity index (χ3v) is 5.16. The zero-order valence-electron chi connectivity index (χ0n) is 11.8. The topological polar surface area (TPSA) is 35.5 Å². The predicted octanol–water partition coefficient (Wildman–Crippen LogP) is 4.41. The molecule has 0 radical (unpaired) electrons. The van der Waals surface area contributed by atoms with E-state index in [0.717, 1.165) is 12.0 Å². The van der Waals surface area contributed by atoms with Crippen LogP contribution in [0.3, 0.4) is 0 Å². The van der Waals surface area contributed by atoms with Gasteiger partial charge in [-0.15, -0.1) is 11.3 Å². The molecule has 5 heteroatoms. The molecule has 1 aromatic carbocycles. The van der Waals surface area contributed by atoms with Crippen LogP contribution in [0.2, 0.25) is 5.02 Å². The van der Waals surface area contributed by atoms with Crippen molar-refractivity contribution in [1.29, 1.82) is 0 Å². The maximum atomic E-state index is 12.4. The van der Waals surface area contributed by atoms with Crippen LogP contribution in [0.15, 0.2) is 29.6 Å². The van der Waals surface area contributed by atoms with Crippen LogP contribution >= 0.6 is 22.9 Å². The fraction of sp³-hybridized carbons (Fsp3) is 0.312. The van der Waals surface area contributed by atoms with Crippen LogP contribution in [0.4, 0.5) is 0 Å². The van der Waals surface area contributed by atoms with E-state index in [1.165, 1.54) is 11.3 Å². The first-order valence-electron chi connectivity index (χ1n) is 6.64. The van der Waals surface area contributed by atoms with E-state index in [9.17, 15) is 4.79 Å². The van der Waals surface area contributed by atoms with E-state index >= 15 is 0 Å². The van der Waals surface area contributed by atoms with Crippen molar-refractivity contribution in [2.75, 3.05) is 14.2 Å². The van der Waals surface area contributed by atoms with Crippen LogP contribution in [0.1, 0.15) is 27.6 Å². The molecule has 1 aliphatic carbocycles. The second-order valence-electron chi connectivity index (χ2n) is 5.03. The molecule has 2 unspecified atom stereocenters. The summed E-state index contributed by atoms with van der Waals surface area (Å²) in [5.41, 5.74) is 1.11. The number of rotatable bonds is 5. The van der Waals surface area contributed by atoms with Crippen LogP contribution in [0, 0.1) is 5.92 Å². The van der Waals surface area contributed by atoms with Gasteiger partial charge in [0.2, 0.25) is 0 Å². The van der Waals surface area contributed by atoms with Crippen LogP contribution < -0.4 is 9.47 Å². The zero-order chi connectivity index (χ0) is 15.0. The molecule has 1 aromatic heterocycles. The van der Waals surface area contributed by atoms with Gasteiger partial charge in [-0.25, -0.2) is 0 Å². The lowest BCUT2D eigenvalue weighted by atomic mass is 10.1. The van der Waals surface area contributed by atoms with E-state index in [0.29, 0.717) is 21.4 Å². The van der Waals surface area contributed by atoms with Crippen LogP contribution in [0.25, 0.3) is 0 Å². The molecule has 1 saturated carbocycles. The Hall–Kier alpha value is -1.52. The fourth-order valence-corrected chi connectivity index (χ4v) is 3.73. The first-order chi connectivity index (χ1) is 10.2. The largest absolute Gasteiger partial charge is 0.493 e. The maximum absolute atomic E-state index is 12.4. The Kier molecular flexibility index (Phi) is 3.91. The average Bonchev–Trinajstić information content (AvgIpc) is 3.20. The van der Waals surface area contributed by atoms with Gasteiger partial charge in [-0.3, -0.25) is 4.79 Å². The third-order valence-electron chi connectivity index (χ3n) is 3.80. The maximum Gasteiger partial charge on any atom is 0.178 e. The Morgan fingerprint density at radius 3 is 2.62 bits per heavy atom. The number of carbonyl (C=O) groups excluding carboxylic acids is 1. The highest BCUT2D eigenvalue weighted by Crippen LogP contribution is 2.51. The molecule has 3 rings (SSSR count). The molecule has 0 spiro atoms. The molecule has 0 bridgehead atoms. The number of ether oxygens (including phenoxy) is 2. The number of thiophene rings is 1. The summed E-state index contributed by atoms with van der Waals surface area (Å²) in [7, 11) is 3.22. The Labute approximate surface area is 132 Å². The van der Waals surface area contributed by atoms with Crippen LogP contribution in [-0.2, 0) is 0 Å². The van der Waals surface area contributed by atoms with Crippen molar-refractivity contribution in [1.82, 2.24) is 0 Å². The summed E-state index contributed by atoms with van der Waals surface area (Å²) in [6.07, 6.45) is 0.864. The molecule has 1 heterocycles. The number of hydrogen-bond acceptors (Lipinski definition) is 4. The van der Waals surface area contributed by atoms with E-state index in [2.05, 4.69) is 0 Å². The quantitative estimate of drug-likeness (QED) is 0.765. The van der Waals surface area contributed by atoms with E-state index in [-0.39, 0.29) is 17.6 Å². The van der Waals surface area contributed by atoms with Crippen molar-refractivity contribution in [3.63, 3.8) is 0 Å². The number of methoxy groups -OCH3 is 2. The molecular formula is C16H15ClO3S. The minimum Gasteiger partial charge on any atom is -0.493 e. The van der Waals surface area contributed by atoms with E-state index in [1.807, 2.05) is 23.6 Å². The van der Waals surface area contributed by atoms with Gasteiger partial charge in [0.25, 0.3) is 0 Å². The third kappa shape index (κ3) is 2.65. The van der Waals surface area contributed by atoms with E-state index in [4.69, 9.17) is 21.1 Å². The first-order valence-corrected chi connectivity index (χ1v) is 7.90. The zero-order valence-corrected chi connectivity index (χ0v) is 13.3. The molecular weight excluding hydrogens is 308 g/mol. The highest BCUT2D eigenvalue weighted by molar-refractivity contribution is 7.12. The monoisotopic (exact) mass is 322 g/mol. The van der Waals surface area contributed by atoms with Gasteiger partial charge in [0.15, 0.2) is 17.3 Å². The summed E-state index contributed by atoms with van der Waals surface area (Å²) in [5, 5.41) is 2.41. The van der Waals surface area contributed by atoms with Crippen molar-refractivity contribution >= 4 is 28.7 Å². The highest BCUT2D eigenvalue weighted by Gasteiger charge is 2.45. The minimum atomic E-state index is 0.0271. The molecule has 0 N–H and O–H groups in total. The fourth-order valence-electron chi connectivity index (χ4n) is 2.57. The van der Waals surface area contributed by atoms with Gasteiger partial charge in [-0.2, -0.15) is 0 Å². The second-order valence-corrected chi connectivity index (χ2v) is 6.35. The Morgan fingerprint density at radius 2 is 2.00 bits per heavy atom. The lowest BCUT2D eigenvalue weighted by Gasteiger charge is -2.09. The molecule has 0 amide bonds. The normalized spacial score (nSPS) is 20.1. The van der Waals surface area contributed by atoms with Crippen molar-refractivity contribution in [3.8, 4) is 11.5 Å². The molecule has 3 nitrogen and oxygen atoms in total. The summed E-state index contributed by atoms with van der Waals surface area (Å²) in [5.74, 6) is 1.82. The van der Waals surface area contributed by atoms with Gasteiger partial charge in [0.05, 0.1) is 24.1 Å². The summed E-state index contributed by atoms with van der Waals surface area (Å²) in [6.45, 7) is 0. The summed E-state index contributed by atoms with van der Waals surface area (Å²) in [6, 6.07) is 7.60. The number of ketones is 1. The highest BCUT2D eigenvalue weighted by atomic mass is 35.5. The van der Waals surface area contributed by atoms with Crippen molar-refractivity contribution < 1.29 is 14.3 Å². The van der Waals surface area contributed by atoms with Gasteiger partial charge in [-0.05, 0) is 41.5 Å². The van der Waals surface area contributed by atoms with Crippen molar-refractivity contribution in [2.45, 2.75) is 12.3 Å².